The van der Waals surface area contributed by atoms with Crippen molar-refractivity contribution < 1.29 is 12.8 Å². The summed E-state index contributed by atoms with van der Waals surface area (Å²) >= 11 is 0. The van der Waals surface area contributed by atoms with E-state index < -0.39 is 10.0 Å². The van der Waals surface area contributed by atoms with Gasteiger partial charge in [-0.25, -0.2) is 8.42 Å². The van der Waals surface area contributed by atoms with Gasteiger partial charge in [-0.15, -0.1) is 0 Å². The quantitative estimate of drug-likeness (QED) is 0.870. The van der Waals surface area contributed by atoms with Gasteiger partial charge in [0.05, 0.1) is 23.1 Å². The van der Waals surface area contributed by atoms with Crippen molar-refractivity contribution in [3.05, 3.63) is 53.0 Å². The SMILES string of the molecule is Cc1ccc(CN(C)S(=O)(=O)c2ccc(C#N)c(C)c2)o1. The molecule has 0 bridgehead atoms. The molecule has 5 nitrogen and oxygen atoms in total. The Hall–Kier alpha value is -2.10. The Labute approximate surface area is 124 Å². The summed E-state index contributed by atoms with van der Waals surface area (Å²) < 4.78 is 31.6. The first-order valence-electron chi connectivity index (χ1n) is 6.37. The Morgan fingerprint density at radius 1 is 1.24 bits per heavy atom. The summed E-state index contributed by atoms with van der Waals surface area (Å²) in [7, 11) is -2.11. The number of rotatable bonds is 4. The van der Waals surface area contributed by atoms with E-state index in [0.717, 1.165) is 5.76 Å². The van der Waals surface area contributed by atoms with Crippen molar-refractivity contribution in [1.82, 2.24) is 4.31 Å². The third-order valence-corrected chi connectivity index (χ3v) is 5.00. The van der Waals surface area contributed by atoms with Crippen LogP contribution < -0.4 is 0 Å². The van der Waals surface area contributed by atoms with E-state index in [4.69, 9.17) is 9.68 Å². The molecule has 0 aliphatic rings. The second kappa shape index (κ2) is 5.72. The zero-order valence-electron chi connectivity index (χ0n) is 12.1. The summed E-state index contributed by atoms with van der Waals surface area (Å²) in [6.45, 7) is 3.69. The molecule has 2 rings (SSSR count). The molecule has 0 aliphatic carbocycles. The van der Waals surface area contributed by atoms with E-state index in [0.29, 0.717) is 16.9 Å². The van der Waals surface area contributed by atoms with E-state index in [2.05, 4.69) is 0 Å². The van der Waals surface area contributed by atoms with Gasteiger partial charge in [0.1, 0.15) is 11.5 Å². The number of benzene rings is 1. The third kappa shape index (κ3) is 3.15. The van der Waals surface area contributed by atoms with Crippen LogP contribution in [0.1, 0.15) is 22.6 Å². The molecular weight excluding hydrogens is 288 g/mol. The van der Waals surface area contributed by atoms with Crippen LogP contribution in [0.25, 0.3) is 0 Å². The Morgan fingerprint density at radius 3 is 2.48 bits per heavy atom. The fourth-order valence-corrected chi connectivity index (χ4v) is 3.20. The second-order valence-electron chi connectivity index (χ2n) is 4.86. The molecule has 2 aromatic rings. The Bertz CT molecular complexity index is 801. The lowest BCUT2D eigenvalue weighted by molar-refractivity contribution is 0.397. The maximum absolute atomic E-state index is 12.5. The number of hydrogen-bond donors (Lipinski definition) is 0. The van der Waals surface area contributed by atoms with Crippen LogP contribution in [0.5, 0.6) is 0 Å². The number of furan rings is 1. The van der Waals surface area contributed by atoms with Gasteiger partial charge in [0.15, 0.2) is 0 Å². The van der Waals surface area contributed by atoms with Crippen molar-refractivity contribution in [3.8, 4) is 6.07 Å². The highest BCUT2D eigenvalue weighted by atomic mass is 32.2. The molecule has 0 fully saturated rings. The van der Waals surface area contributed by atoms with Gasteiger partial charge >= 0.3 is 0 Å². The Kier molecular flexibility index (Phi) is 4.16. The fourth-order valence-electron chi connectivity index (χ4n) is 1.98. The van der Waals surface area contributed by atoms with Gasteiger partial charge in [-0.1, -0.05) is 0 Å². The molecule has 0 atom stereocenters. The monoisotopic (exact) mass is 304 g/mol. The van der Waals surface area contributed by atoms with Gasteiger partial charge in [-0.05, 0) is 49.7 Å². The lowest BCUT2D eigenvalue weighted by Crippen LogP contribution is -2.26. The first kappa shape index (κ1) is 15.3. The molecule has 1 aromatic heterocycles. The molecule has 21 heavy (non-hydrogen) atoms. The van der Waals surface area contributed by atoms with E-state index in [1.165, 1.54) is 29.6 Å². The summed E-state index contributed by atoms with van der Waals surface area (Å²) in [6, 6.07) is 10.1. The normalized spacial score (nSPS) is 11.6. The van der Waals surface area contributed by atoms with Gasteiger partial charge in [0, 0.05) is 7.05 Å². The lowest BCUT2D eigenvalue weighted by atomic mass is 10.1. The van der Waals surface area contributed by atoms with E-state index in [1.807, 2.05) is 13.0 Å². The van der Waals surface area contributed by atoms with Crippen molar-refractivity contribution in [3.63, 3.8) is 0 Å². The topological polar surface area (TPSA) is 74.3 Å². The van der Waals surface area contributed by atoms with Crippen LogP contribution in [0.4, 0.5) is 0 Å². The standard InChI is InChI=1S/C15H16N2O3S/c1-11-8-15(7-5-13(11)9-16)21(18,19)17(3)10-14-6-4-12(2)20-14/h4-8H,10H2,1-3H3. The predicted octanol–water partition coefficient (Wildman–Crippen LogP) is 2.59. The third-order valence-electron chi connectivity index (χ3n) is 3.20. The van der Waals surface area contributed by atoms with Gasteiger partial charge in [-0.2, -0.15) is 9.57 Å². The number of nitriles is 1. The minimum Gasteiger partial charge on any atom is -0.465 e. The summed E-state index contributed by atoms with van der Waals surface area (Å²) in [6.07, 6.45) is 0. The molecule has 6 heteroatoms. The summed E-state index contributed by atoms with van der Waals surface area (Å²) in [4.78, 5) is 0.171. The van der Waals surface area contributed by atoms with Crippen molar-refractivity contribution >= 4 is 10.0 Å². The van der Waals surface area contributed by atoms with E-state index in [9.17, 15) is 8.42 Å². The number of nitrogens with zero attached hydrogens (tertiary/aromatic N) is 2. The van der Waals surface area contributed by atoms with Crippen LogP contribution in [0.3, 0.4) is 0 Å². The zero-order chi connectivity index (χ0) is 15.6. The van der Waals surface area contributed by atoms with Crippen LogP contribution in [0.2, 0.25) is 0 Å². The van der Waals surface area contributed by atoms with E-state index >= 15 is 0 Å². The molecule has 0 saturated carbocycles. The molecule has 0 saturated heterocycles. The minimum absolute atomic E-state index is 0.162. The maximum atomic E-state index is 12.5. The van der Waals surface area contributed by atoms with Crippen LogP contribution in [0, 0.1) is 25.2 Å². The van der Waals surface area contributed by atoms with Gasteiger partial charge in [0.25, 0.3) is 0 Å². The molecule has 0 radical (unpaired) electrons. The Morgan fingerprint density at radius 2 is 1.95 bits per heavy atom. The smallest absolute Gasteiger partial charge is 0.243 e. The predicted molar refractivity (Wildman–Crippen MR) is 78.0 cm³/mol. The van der Waals surface area contributed by atoms with E-state index in [-0.39, 0.29) is 11.4 Å². The number of hydrogen-bond acceptors (Lipinski definition) is 4. The summed E-state index contributed by atoms with van der Waals surface area (Å²) in [5, 5.41) is 8.90. The Balaban J connectivity index is 2.29. The summed E-state index contributed by atoms with van der Waals surface area (Å²) in [5.74, 6) is 1.33. The van der Waals surface area contributed by atoms with Crippen LogP contribution in [-0.4, -0.2) is 19.8 Å². The summed E-state index contributed by atoms with van der Waals surface area (Å²) in [5.41, 5.74) is 1.11. The van der Waals surface area contributed by atoms with Gasteiger partial charge < -0.3 is 4.42 Å². The van der Waals surface area contributed by atoms with Crippen LogP contribution >= 0.6 is 0 Å². The highest BCUT2D eigenvalue weighted by molar-refractivity contribution is 7.89. The molecule has 1 heterocycles. The maximum Gasteiger partial charge on any atom is 0.243 e. The van der Waals surface area contributed by atoms with Gasteiger partial charge in [-0.3, -0.25) is 0 Å². The van der Waals surface area contributed by atoms with Crippen molar-refractivity contribution in [2.45, 2.75) is 25.3 Å². The van der Waals surface area contributed by atoms with Gasteiger partial charge in [0.2, 0.25) is 10.0 Å². The zero-order valence-corrected chi connectivity index (χ0v) is 12.9. The minimum atomic E-state index is -3.61. The molecule has 0 unspecified atom stereocenters. The molecule has 0 spiro atoms. The highest BCUT2D eigenvalue weighted by Crippen LogP contribution is 2.20. The average Bonchev–Trinajstić information content (AvgIpc) is 2.83. The fraction of sp³-hybridized carbons (Fsp3) is 0.267. The molecule has 110 valence electrons. The van der Waals surface area contributed by atoms with E-state index in [1.54, 1.807) is 19.1 Å². The molecule has 1 aromatic carbocycles. The second-order valence-corrected chi connectivity index (χ2v) is 6.91. The molecular formula is C15H16N2O3S. The van der Waals surface area contributed by atoms with Crippen LogP contribution in [-0.2, 0) is 16.6 Å². The van der Waals surface area contributed by atoms with Crippen molar-refractivity contribution in [2.75, 3.05) is 7.05 Å². The number of sulfonamides is 1. The average molecular weight is 304 g/mol. The highest BCUT2D eigenvalue weighted by Gasteiger charge is 2.22. The molecule has 0 amide bonds. The molecule has 0 aliphatic heterocycles. The first-order chi connectivity index (χ1) is 9.84. The van der Waals surface area contributed by atoms with Crippen molar-refractivity contribution in [2.24, 2.45) is 0 Å². The van der Waals surface area contributed by atoms with Crippen LogP contribution in [0.15, 0.2) is 39.6 Å². The number of aryl methyl sites for hydroxylation is 2. The first-order valence-corrected chi connectivity index (χ1v) is 7.81. The lowest BCUT2D eigenvalue weighted by Gasteiger charge is -2.16. The largest absolute Gasteiger partial charge is 0.465 e. The van der Waals surface area contributed by atoms with Crippen molar-refractivity contribution in [1.29, 1.82) is 5.26 Å². The molecule has 0 N–H and O–H groups in total.